The molecule has 4 heteroatoms. The highest BCUT2D eigenvalue weighted by molar-refractivity contribution is 5.80. The Bertz CT molecular complexity index is 251. The van der Waals surface area contributed by atoms with E-state index >= 15 is 0 Å². The summed E-state index contributed by atoms with van der Waals surface area (Å²) < 4.78 is 0. The van der Waals surface area contributed by atoms with Crippen molar-refractivity contribution in [2.45, 2.75) is 19.4 Å². The summed E-state index contributed by atoms with van der Waals surface area (Å²) >= 11 is 0. The molecule has 1 aliphatic heterocycles. The zero-order valence-electron chi connectivity index (χ0n) is 6.86. The highest BCUT2D eigenvalue weighted by atomic mass is 16.4. The van der Waals surface area contributed by atoms with E-state index < -0.39 is 5.97 Å². The number of nitrogens with zero attached hydrogens (tertiary/aromatic N) is 1. The van der Waals surface area contributed by atoms with Crippen LogP contribution in [0.3, 0.4) is 0 Å². The van der Waals surface area contributed by atoms with Crippen LogP contribution in [-0.4, -0.2) is 34.5 Å². The number of carbonyl (C=O) groups excluding carboxylic acids is 1. The van der Waals surface area contributed by atoms with Gasteiger partial charge in [0.15, 0.2) is 0 Å². The number of hydrogen-bond acceptors (Lipinski definition) is 2. The first-order chi connectivity index (χ1) is 5.63. The molecule has 0 bridgehead atoms. The van der Waals surface area contributed by atoms with Crippen LogP contribution in [0, 0.1) is 11.8 Å². The normalized spacial score (nSPS) is 37.8. The lowest BCUT2D eigenvalue weighted by Gasteiger charge is -2.16. The van der Waals surface area contributed by atoms with Gasteiger partial charge in [-0.25, -0.2) is 0 Å². The van der Waals surface area contributed by atoms with Crippen LogP contribution < -0.4 is 0 Å². The maximum atomic E-state index is 11.0. The van der Waals surface area contributed by atoms with E-state index in [1.54, 1.807) is 4.90 Å². The minimum absolute atomic E-state index is 0.00579. The van der Waals surface area contributed by atoms with Crippen molar-refractivity contribution < 1.29 is 14.7 Å². The minimum atomic E-state index is -0.754. The van der Waals surface area contributed by atoms with Gasteiger partial charge in [-0.15, -0.1) is 0 Å². The standard InChI is InChI=1S/C8H11NO3/c1-4(10)9-3-2-5-6(7(5)9)8(11)12/h5-7H,2-3H2,1H3,(H,11,12)/t5-,6-,7-/m1/s1. The van der Waals surface area contributed by atoms with Crippen LogP contribution in [0.4, 0.5) is 0 Å². The van der Waals surface area contributed by atoms with Gasteiger partial charge >= 0.3 is 5.97 Å². The van der Waals surface area contributed by atoms with Crippen LogP contribution in [-0.2, 0) is 9.59 Å². The van der Waals surface area contributed by atoms with E-state index in [1.807, 2.05) is 0 Å². The van der Waals surface area contributed by atoms with Crippen molar-refractivity contribution in [1.82, 2.24) is 4.90 Å². The van der Waals surface area contributed by atoms with Crippen molar-refractivity contribution in [2.75, 3.05) is 6.54 Å². The lowest BCUT2D eigenvalue weighted by molar-refractivity contribution is -0.140. The van der Waals surface area contributed by atoms with Crippen LogP contribution in [0.15, 0.2) is 0 Å². The number of carboxylic acid groups (broad SMARTS) is 1. The molecule has 1 saturated carbocycles. The smallest absolute Gasteiger partial charge is 0.308 e. The van der Waals surface area contributed by atoms with Gasteiger partial charge in [0.2, 0.25) is 5.91 Å². The molecule has 0 unspecified atom stereocenters. The first-order valence-electron chi connectivity index (χ1n) is 4.13. The molecule has 1 aliphatic carbocycles. The summed E-state index contributed by atoms with van der Waals surface area (Å²) in [4.78, 5) is 23.3. The minimum Gasteiger partial charge on any atom is -0.481 e. The van der Waals surface area contributed by atoms with Crippen LogP contribution >= 0.6 is 0 Å². The van der Waals surface area contributed by atoms with Gasteiger partial charge in [-0.1, -0.05) is 0 Å². The molecule has 0 aromatic rings. The predicted molar refractivity (Wildman–Crippen MR) is 40.4 cm³/mol. The molecular weight excluding hydrogens is 158 g/mol. The second kappa shape index (κ2) is 2.21. The quantitative estimate of drug-likeness (QED) is 0.598. The van der Waals surface area contributed by atoms with E-state index in [4.69, 9.17) is 5.11 Å². The molecule has 1 heterocycles. The largest absolute Gasteiger partial charge is 0.481 e. The third-order valence-electron chi connectivity index (χ3n) is 2.88. The highest BCUT2D eigenvalue weighted by Crippen LogP contribution is 2.50. The molecule has 1 amide bonds. The molecule has 0 spiro atoms. The molecule has 0 aromatic heterocycles. The summed E-state index contributed by atoms with van der Waals surface area (Å²) in [5.41, 5.74) is 0. The van der Waals surface area contributed by atoms with Gasteiger partial charge in [0.25, 0.3) is 0 Å². The summed E-state index contributed by atoms with van der Waals surface area (Å²) in [7, 11) is 0. The first-order valence-corrected chi connectivity index (χ1v) is 4.13. The fourth-order valence-electron chi connectivity index (χ4n) is 2.26. The Morgan fingerprint density at radius 2 is 2.17 bits per heavy atom. The Morgan fingerprint density at radius 3 is 2.58 bits per heavy atom. The Morgan fingerprint density at radius 1 is 1.50 bits per heavy atom. The lowest BCUT2D eigenvalue weighted by atomic mass is 10.2. The van der Waals surface area contributed by atoms with Crippen molar-refractivity contribution >= 4 is 11.9 Å². The van der Waals surface area contributed by atoms with Crippen LogP contribution in [0.2, 0.25) is 0 Å². The average molecular weight is 169 g/mol. The fourth-order valence-corrected chi connectivity index (χ4v) is 2.26. The van der Waals surface area contributed by atoms with E-state index in [-0.39, 0.29) is 23.8 Å². The second-order valence-electron chi connectivity index (χ2n) is 3.52. The van der Waals surface area contributed by atoms with Crippen LogP contribution in [0.5, 0.6) is 0 Å². The monoisotopic (exact) mass is 169 g/mol. The maximum Gasteiger partial charge on any atom is 0.308 e. The zero-order chi connectivity index (χ0) is 8.88. The number of likely N-dealkylation sites (tertiary alicyclic amines) is 1. The third kappa shape index (κ3) is 0.838. The number of piperidine rings is 1. The molecule has 3 atom stereocenters. The van der Waals surface area contributed by atoms with Crippen molar-refractivity contribution in [3.8, 4) is 0 Å². The molecule has 66 valence electrons. The molecule has 1 N–H and O–H groups in total. The Balaban J connectivity index is 2.07. The fraction of sp³-hybridized carbons (Fsp3) is 0.750. The number of carbonyl (C=O) groups is 2. The zero-order valence-corrected chi connectivity index (χ0v) is 6.86. The van der Waals surface area contributed by atoms with Crippen molar-refractivity contribution in [1.29, 1.82) is 0 Å². The average Bonchev–Trinajstić information content (AvgIpc) is 2.52. The van der Waals surface area contributed by atoms with Gasteiger partial charge in [-0.3, -0.25) is 9.59 Å². The molecule has 0 radical (unpaired) electrons. The third-order valence-corrected chi connectivity index (χ3v) is 2.88. The van der Waals surface area contributed by atoms with Gasteiger partial charge in [-0.2, -0.15) is 0 Å². The van der Waals surface area contributed by atoms with Gasteiger partial charge in [0.05, 0.1) is 5.92 Å². The molecule has 4 nitrogen and oxygen atoms in total. The number of fused-ring (bicyclic) bond motifs is 1. The van der Waals surface area contributed by atoms with Gasteiger partial charge in [0.1, 0.15) is 0 Å². The Labute approximate surface area is 70.2 Å². The van der Waals surface area contributed by atoms with E-state index in [1.165, 1.54) is 6.92 Å². The Kier molecular flexibility index (Phi) is 1.40. The number of aliphatic carboxylic acids is 1. The highest BCUT2D eigenvalue weighted by Gasteiger charge is 2.62. The number of hydrogen-bond donors (Lipinski definition) is 1. The Hall–Kier alpha value is -1.06. The number of amides is 1. The molecule has 0 aromatic carbocycles. The van der Waals surface area contributed by atoms with Gasteiger partial charge in [-0.05, 0) is 12.3 Å². The summed E-state index contributed by atoms with van der Waals surface area (Å²) in [5.74, 6) is -0.781. The van der Waals surface area contributed by atoms with Gasteiger partial charge in [0, 0.05) is 19.5 Å². The van der Waals surface area contributed by atoms with Crippen LogP contribution in [0.1, 0.15) is 13.3 Å². The van der Waals surface area contributed by atoms with Crippen molar-refractivity contribution in [3.05, 3.63) is 0 Å². The van der Waals surface area contributed by atoms with E-state index in [0.29, 0.717) is 0 Å². The second-order valence-corrected chi connectivity index (χ2v) is 3.52. The molecular formula is C8H11NO3. The van der Waals surface area contributed by atoms with E-state index in [0.717, 1.165) is 13.0 Å². The number of carboxylic acids is 1. The molecule has 2 aliphatic rings. The summed E-state index contributed by atoms with van der Waals surface area (Å²) in [6.45, 7) is 2.24. The van der Waals surface area contributed by atoms with Crippen molar-refractivity contribution in [3.63, 3.8) is 0 Å². The SMILES string of the molecule is CC(=O)N1CC[C@@H]2[C@@H](C(=O)O)[C@@H]21. The molecule has 2 rings (SSSR count). The number of rotatable bonds is 1. The summed E-state index contributed by atoms with van der Waals surface area (Å²) in [6, 6.07) is 0.0139. The molecule has 1 saturated heterocycles. The van der Waals surface area contributed by atoms with Crippen molar-refractivity contribution in [2.24, 2.45) is 11.8 Å². The topological polar surface area (TPSA) is 57.6 Å². The van der Waals surface area contributed by atoms with E-state index in [2.05, 4.69) is 0 Å². The summed E-state index contributed by atoms with van der Waals surface area (Å²) in [6.07, 6.45) is 0.862. The maximum absolute atomic E-state index is 11.0. The summed E-state index contributed by atoms with van der Waals surface area (Å²) in [5, 5.41) is 8.72. The van der Waals surface area contributed by atoms with Crippen LogP contribution in [0.25, 0.3) is 0 Å². The van der Waals surface area contributed by atoms with E-state index in [9.17, 15) is 9.59 Å². The first kappa shape index (κ1) is 7.58. The lowest BCUT2D eigenvalue weighted by Crippen LogP contribution is -2.31. The molecule has 2 fully saturated rings. The molecule has 12 heavy (non-hydrogen) atoms. The predicted octanol–water partition coefficient (Wildman–Crippen LogP) is -0.0622. The van der Waals surface area contributed by atoms with Gasteiger partial charge < -0.3 is 10.0 Å².